The first-order valence-corrected chi connectivity index (χ1v) is 10.8. The number of thioether (sulfide) groups is 1. The fourth-order valence-electron chi connectivity index (χ4n) is 2.43. The summed E-state index contributed by atoms with van der Waals surface area (Å²) in [6.45, 7) is 2.50. The molecule has 168 valence electrons. The molecule has 1 aromatic heterocycles. The Kier molecular flexibility index (Phi) is 10.1. The standard InChI is InChI=1S/C20H26N10OS/c1-14(31)28-16-6-4-15(5-7-16)3-2-8-24-19(27-13-21)25-9-10-32-12-17-11-26-20(29-17)30-18(22)23/h2-7,11H,8-10,12H2,1H3,(H,28,31)(H2,24,25,27)(H5,22,23,26,29,30). The molecular weight excluding hydrogens is 428 g/mol. The van der Waals surface area contributed by atoms with Gasteiger partial charge in [-0.3, -0.25) is 10.1 Å². The summed E-state index contributed by atoms with van der Waals surface area (Å²) in [6, 6.07) is 7.46. The van der Waals surface area contributed by atoms with Crippen LogP contribution in [-0.2, 0) is 10.5 Å². The first-order chi connectivity index (χ1) is 15.5. The lowest BCUT2D eigenvalue weighted by molar-refractivity contribution is -0.114. The molecule has 11 nitrogen and oxygen atoms in total. The molecule has 0 saturated carbocycles. The minimum Gasteiger partial charge on any atom is -0.370 e. The van der Waals surface area contributed by atoms with Gasteiger partial charge < -0.3 is 27.1 Å². The normalized spacial score (nSPS) is 11.1. The number of hydrogen-bond acceptors (Lipinski definition) is 6. The highest BCUT2D eigenvalue weighted by molar-refractivity contribution is 7.98. The number of H-pyrrole nitrogens is 1. The number of nitriles is 1. The Balaban J connectivity index is 1.72. The number of nitrogens with two attached hydrogens (primary N) is 2. The van der Waals surface area contributed by atoms with Crippen molar-refractivity contribution in [2.45, 2.75) is 12.7 Å². The topological polar surface area (TPSA) is 182 Å². The van der Waals surface area contributed by atoms with Crippen LogP contribution in [0.5, 0.6) is 0 Å². The molecule has 0 aliphatic heterocycles. The SMILES string of the molecule is CC(=O)Nc1ccc(C=CCN=C(NC#N)NCCSCc2cnc(N=C(N)N)[nH]2)cc1. The van der Waals surface area contributed by atoms with E-state index >= 15 is 0 Å². The zero-order valence-electron chi connectivity index (χ0n) is 17.6. The first-order valence-electron chi connectivity index (χ1n) is 9.65. The Morgan fingerprint density at radius 2 is 2.12 bits per heavy atom. The fourth-order valence-corrected chi connectivity index (χ4v) is 3.19. The molecule has 0 atom stereocenters. The van der Waals surface area contributed by atoms with Crippen LogP contribution in [0, 0.1) is 11.5 Å². The third-order valence-electron chi connectivity index (χ3n) is 3.72. The van der Waals surface area contributed by atoms with Crippen LogP contribution in [0.25, 0.3) is 6.08 Å². The van der Waals surface area contributed by atoms with Gasteiger partial charge in [0.25, 0.3) is 0 Å². The molecule has 32 heavy (non-hydrogen) atoms. The number of carbonyl (C=O) groups is 1. The number of carbonyl (C=O) groups excluding carboxylic acids is 1. The largest absolute Gasteiger partial charge is 0.370 e. The molecule has 0 unspecified atom stereocenters. The molecule has 0 radical (unpaired) electrons. The number of hydrogen-bond donors (Lipinski definition) is 6. The number of aromatic nitrogens is 2. The van der Waals surface area contributed by atoms with Gasteiger partial charge in [0.1, 0.15) is 0 Å². The summed E-state index contributed by atoms with van der Waals surface area (Å²) in [5, 5.41) is 17.3. The number of benzene rings is 1. The Labute approximate surface area is 190 Å². The molecule has 0 bridgehead atoms. The number of aromatic amines is 1. The van der Waals surface area contributed by atoms with Crippen LogP contribution in [0.15, 0.2) is 46.5 Å². The Morgan fingerprint density at radius 1 is 1.34 bits per heavy atom. The summed E-state index contributed by atoms with van der Waals surface area (Å²) >= 11 is 1.68. The quantitative estimate of drug-likeness (QED) is 0.102. The van der Waals surface area contributed by atoms with Crippen LogP contribution in [0.4, 0.5) is 11.6 Å². The minimum absolute atomic E-state index is 0.0470. The van der Waals surface area contributed by atoms with Crippen molar-refractivity contribution in [3.8, 4) is 6.19 Å². The number of rotatable bonds is 10. The van der Waals surface area contributed by atoms with Crippen molar-refractivity contribution in [2.24, 2.45) is 21.5 Å². The van der Waals surface area contributed by atoms with E-state index in [2.05, 4.69) is 35.9 Å². The summed E-state index contributed by atoms with van der Waals surface area (Å²) in [5.74, 6) is 2.15. The van der Waals surface area contributed by atoms with E-state index in [0.29, 0.717) is 25.0 Å². The molecule has 0 aliphatic rings. The Hall–Kier alpha value is -3.98. The molecule has 12 heteroatoms. The van der Waals surface area contributed by atoms with Gasteiger partial charge in [-0.25, -0.2) is 9.98 Å². The molecule has 2 aromatic rings. The molecule has 1 amide bonds. The average molecular weight is 455 g/mol. The van der Waals surface area contributed by atoms with Crippen LogP contribution in [0.2, 0.25) is 0 Å². The van der Waals surface area contributed by atoms with Crippen molar-refractivity contribution in [2.75, 3.05) is 24.2 Å². The lowest BCUT2D eigenvalue weighted by Crippen LogP contribution is -2.36. The molecule has 0 fully saturated rings. The third kappa shape index (κ3) is 9.68. The van der Waals surface area contributed by atoms with Gasteiger partial charge in [-0.05, 0) is 17.7 Å². The molecule has 0 aliphatic carbocycles. The van der Waals surface area contributed by atoms with Gasteiger partial charge in [-0.15, -0.1) is 0 Å². The molecule has 1 aromatic carbocycles. The molecule has 0 saturated heterocycles. The van der Waals surface area contributed by atoms with Gasteiger partial charge in [0.15, 0.2) is 12.2 Å². The summed E-state index contributed by atoms with van der Waals surface area (Å²) in [5.41, 5.74) is 13.3. The van der Waals surface area contributed by atoms with Gasteiger partial charge in [0, 0.05) is 36.4 Å². The number of imidazole rings is 1. The summed E-state index contributed by atoms with van der Waals surface area (Å²) < 4.78 is 0. The molecule has 2 rings (SSSR count). The number of anilines is 1. The zero-order chi connectivity index (χ0) is 23.2. The third-order valence-corrected chi connectivity index (χ3v) is 4.72. The van der Waals surface area contributed by atoms with Crippen molar-refractivity contribution in [3.05, 3.63) is 47.8 Å². The smallest absolute Gasteiger partial charge is 0.230 e. The van der Waals surface area contributed by atoms with Crippen molar-refractivity contribution < 1.29 is 4.79 Å². The predicted octanol–water partition coefficient (Wildman–Crippen LogP) is 1.24. The number of guanidine groups is 2. The van der Waals surface area contributed by atoms with E-state index in [1.165, 1.54) is 6.92 Å². The van der Waals surface area contributed by atoms with Crippen LogP contribution in [-0.4, -0.2) is 46.6 Å². The van der Waals surface area contributed by atoms with Crippen molar-refractivity contribution in [1.82, 2.24) is 20.6 Å². The summed E-state index contributed by atoms with van der Waals surface area (Å²) in [6.07, 6.45) is 7.37. The maximum absolute atomic E-state index is 11.0. The van der Waals surface area contributed by atoms with E-state index in [0.717, 1.165) is 28.5 Å². The van der Waals surface area contributed by atoms with E-state index in [1.54, 1.807) is 18.0 Å². The summed E-state index contributed by atoms with van der Waals surface area (Å²) in [7, 11) is 0. The number of aliphatic imine (C=N–C) groups is 2. The van der Waals surface area contributed by atoms with Crippen LogP contribution in [0.3, 0.4) is 0 Å². The van der Waals surface area contributed by atoms with Crippen LogP contribution in [0.1, 0.15) is 18.2 Å². The highest BCUT2D eigenvalue weighted by Crippen LogP contribution is 2.13. The lowest BCUT2D eigenvalue weighted by atomic mass is 10.2. The second-order valence-corrected chi connectivity index (χ2v) is 7.48. The van der Waals surface area contributed by atoms with Crippen molar-refractivity contribution in [1.29, 1.82) is 5.26 Å². The van der Waals surface area contributed by atoms with E-state index < -0.39 is 0 Å². The highest BCUT2D eigenvalue weighted by atomic mass is 32.2. The fraction of sp³-hybridized carbons (Fsp3) is 0.250. The average Bonchev–Trinajstić information content (AvgIpc) is 3.18. The molecule has 8 N–H and O–H groups in total. The Bertz CT molecular complexity index is 1000. The summed E-state index contributed by atoms with van der Waals surface area (Å²) in [4.78, 5) is 26.3. The predicted molar refractivity (Wildman–Crippen MR) is 129 cm³/mol. The monoisotopic (exact) mass is 454 g/mol. The van der Waals surface area contributed by atoms with Gasteiger partial charge in [-0.1, -0.05) is 24.3 Å². The van der Waals surface area contributed by atoms with Gasteiger partial charge in [0.2, 0.25) is 17.8 Å². The van der Waals surface area contributed by atoms with E-state index in [4.69, 9.17) is 16.7 Å². The van der Waals surface area contributed by atoms with Crippen molar-refractivity contribution in [3.63, 3.8) is 0 Å². The van der Waals surface area contributed by atoms with Gasteiger partial charge >= 0.3 is 0 Å². The second kappa shape index (κ2) is 13.3. The second-order valence-electron chi connectivity index (χ2n) is 6.38. The van der Waals surface area contributed by atoms with Crippen molar-refractivity contribution >= 4 is 47.3 Å². The van der Waals surface area contributed by atoms with Crippen LogP contribution < -0.4 is 27.4 Å². The van der Waals surface area contributed by atoms with E-state index in [1.807, 2.05) is 42.6 Å². The van der Waals surface area contributed by atoms with Gasteiger partial charge in [0.05, 0.1) is 12.7 Å². The maximum atomic E-state index is 11.0. The number of nitrogens with zero attached hydrogens (tertiary/aromatic N) is 4. The van der Waals surface area contributed by atoms with E-state index in [9.17, 15) is 4.79 Å². The Morgan fingerprint density at radius 3 is 2.81 bits per heavy atom. The minimum atomic E-state index is -0.107. The molecule has 0 spiro atoms. The number of amides is 1. The zero-order valence-corrected chi connectivity index (χ0v) is 18.4. The molecule has 1 heterocycles. The van der Waals surface area contributed by atoms with Crippen LogP contribution >= 0.6 is 11.8 Å². The lowest BCUT2D eigenvalue weighted by Gasteiger charge is -2.07. The number of nitrogens with one attached hydrogen (secondary N) is 4. The first kappa shape index (κ1) is 24.3. The van der Waals surface area contributed by atoms with E-state index in [-0.39, 0.29) is 11.9 Å². The van der Waals surface area contributed by atoms with Gasteiger partial charge in [-0.2, -0.15) is 22.0 Å². The highest BCUT2D eigenvalue weighted by Gasteiger charge is 2.01. The maximum Gasteiger partial charge on any atom is 0.230 e. The molecular formula is C20H26N10OS.